The number of thiophene rings is 1. The Bertz CT molecular complexity index is 1040. The van der Waals surface area contributed by atoms with Crippen molar-refractivity contribution in [2.45, 2.75) is 85.3 Å². The summed E-state index contributed by atoms with van der Waals surface area (Å²) in [6, 6.07) is 1.55. The third-order valence-electron chi connectivity index (χ3n) is 6.94. The largest absolute Gasteiger partial charge is 0.465 e. The maximum Gasteiger partial charge on any atom is 0.407 e. The first-order valence-corrected chi connectivity index (χ1v) is 14.4. The number of anilines is 1. The van der Waals surface area contributed by atoms with E-state index >= 15 is 0 Å². The van der Waals surface area contributed by atoms with E-state index < -0.39 is 12.1 Å². The lowest BCUT2D eigenvalue weighted by Gasteiger charge is -2.35. The molecule has 1 saturated carbocycles. The van der Waals surface area contributed by atoms with Gasteiger partial charge in [0, 0.05) is 30.3 Å². The Morgan fingerprint density at radius 3 is 2.53 bits per heavy atom. The molecule has 0 aromatic carbocycles. The summed E-state index contributed by atoms with van der Waals surface area (Å²) >= 11 is 1.25. The Hall–Kier alpha value is -2.57. The van der Waals surface area contributed by atoms with Gasteiger partial charge in [0.2, 0.25) is 5.91 Å². The number of ether oxygens (including phenoxy) is 3. The van der Waals surface area contributed by atoms with Gasteiger partial charge in [0.25, 0.3) is 0 Å². The standard InChI is InChI=1S/C29H42N2O6S/c1-19-7-9-21(10-8-19)26(32)31(20(2)12-15-30-28(34)37-22-13-16-36-18-22)24-17-23(11-14-29(3,4)5)38-25(24)27(33)35-6/h17,19-22H,7-10,12-13,15-16,18H2,1-6H3,(H,30,34)/t19-,20?,21-,22?. The molecule has 2 fully saturated rings. The SMILES string of the molecule is COC(=O)c1sc(C#CC(C)(C)C)cc1N(C(=O)[C@H]1CC[C@H](C)CC1)C(C)CCNC(=O)OC1CCOC1. The fourth-order valence-electron chi connectivity index (χ4n) is 4.70. The van der Waals surface area contributed by atoms with E-state index in [1.165, 1.54) is 18.4 Å². The van der Waals surface area contributed by atoms with Crippen LogP contribution in [0, 0.1) is 29.1 Å². The highest BCUT2D eigenvalue weighted by Gasteiger charge is 2.34. The van der Waals surface area contributed by atoms with Gasteiger partial charge in [-0.3, -0.25) is 4.79 Å². The summed E-state index contributed by atoms with van der Waals surface area (Å²) in [4.78, 5) is 41.8. The quantitative estimate of drug-likeness (QED) is 0.347. The number of hydrogen-bond acceptors (Lipinski definition) is 7. The molecule has 1 N–H and O–H groups in total. The zero-order chi connectivity index (χ0) is 27.9. The van der Waals surface area contributed by atoms with Crippen LogP contribution in [0.5, 0.6) is 0 Å². The van der Waals surface area contributed by atoms with Crippen LogP contribution < -0.4 is 10.2 Å². The highest BCUT2D eigenvalue weighted by Crippen LogP contribution is 2.37. The Morgan fingerprint density at radius 1 is 1.21 bits per heavy atom. The number of nitrogens with zero attached hydrogens (tertiary/aromatic N) is 1. The van der Waals surface area contributed by atoms with Gasteiger partial charge >= 0.3 is 12.1 Å². The number of amides is 2. The van der Waals surface area contributed by atoms with E-state index in [-0.39, 0.29) is 29.4 Å². The molecular weight excluding hydrogens is 504 g/mol. The second-order valence-corrected chi connectivity index (χ2v) is 12.5. The van der Waals surface area contributed by atoms with Crippen LogP contribution in [0.1, 0.15) is 87.7 Å². The van der Waals surface area contributed by atoms with Crippen molar-refractivity contribution < 1.29 is 28.6 Å². The summed E-state index contributed by atoms with van der Waals surface area (Å²) in [5.74, 6) is 6.40. The first-order valence-electron chi connectivity index (χ1n) is 13.6. The van der Waals surface area contributed by atoms with Gasteiger partial charge < -0.3 is 24.4 Å². The molecule has 2 heterocycles. The van der Waals surface area contributed by atoms with E-state index in [1.807, 2.05) is 33.8 Å². The molecule has 0 spiro atoms. The lowest BCUT2D eigenvalue weighted by molar-refractivity contribution is -0.124. The summed E-state index contributed by atoms with van der Waals surface area (Å²) < 4.78 is 15.7. The molecule has 1 aliphatic heterocycles. The first kappa shape index (κ1) is 30.0. The molecule has 38 heavy (non-hydrogen) atoms. The minimum Gasteiger partial charge on any atom is -0.465 e. The summed E-state index contributed by atoms with van der Waals surface area (Å²) in [6.07, 6.45) is 4.14. The van der Waals surface area contributed by atoms with Gasteiger partial charge in [-0.15, -0.1) is 11.3 Å². The van der Waals surface area contributed by atoms with Crippen LogP contribution in [0.4, 0.5) is 10.5 Å². The van der Waals surface area contributed by atoms with E-state index in [0.29, 0.717) is 54.0 Å². The number of carbonyl (C=O) groups excluding carboxylic acids is 3. The molecular formula is C29H42N2O6S. The molecule has 8 nitrogen and oxygen atoms in total. The lowest BCUT2D eigenvalue weighted by atomic mass is 9.82. The molecule has 0 radical (unpaired) electrons. The van der Waals surface area contributed by atoms with Crippen LogP contribution in [-0.4, -0.2) is 57.0 Å². The second-order valence-electron chi connectivity index (χ2n) is 11.4. The smallest absolute Gasteiger partial charge is 0.407 e. The normalized spacial score (nSPS) is 22.1. The summed E-state index contributed by atoms with van der Waals surface area (Å²) in [6.45, 7) is 11.6. The summed E-state index contributed by atoms with van der Waals surface area (Å²) in [5, 5.41) is 2.80. The van der Waals surface area contributed by atoms with Crippen molar-refractivity contribution in [2.75, 3.05) is 31.8 Å². The van der Waals surface area contributed by atoms with E-state index in [4.69, 9.17) is 14.2 Å². The van der Waals surface area contributed by atoms with Gasteiger partial charge in [-0.2, -0.15) is 0 Å². The molecule has 3 rings (SSSR count). The van der Waals surface area contributed by atoms with E-state index in [0.717, 1.165) is 25.7 Å². The van der Waals surface area contributed by atoms with Gasteiger partial charge in [-0.25, -0.2) is 9.59 Å². The zero-order valence-corrected chi connectivity index (χ0v) is 24.4. The summed E-state index contributed by atoms with van der Waals surface area (Å²) in [5.41, 5.74) is 0.323. The van der Waals surface area contributed by atoms with Crippen molar-refractivity contribution >= 4 is 35.0 Å². The van der Waals surface area contributed by atoms with Gasteiger partial charge in [-0.05, 0) is 71.8 Å². The molecule has 2 amide bonds. The fourth-order valence-corrected chi connectivity index (χ4v) is 5.62. The Labute approximate surface area is 230 Å². The molecule has 1 aliphatic carbocycles. The molecule has 2 unspecified atom stereocenters. The first-order chi connectivity index (χ1) is 18.0. The highest BCUT2D eigenvalue weighted by atomic mass is 32.1. The average Bonchev–Trinajstić information content (AvgIpc) is 3.52. The average molecular weight is 547 g/mol. The molecule has 2 atom stereocenters. The minimum absolute atomic E-state index is 0.00774. The van der Waals surface area contributed by atoms with Crippen LogP contribution in [0.2, 0.25) is 0 Å². The van der Waals surface area contributed by atoms with Crippen LogP contribution in [0.15, 0.2) is 6.07 Å². The number of methoxy groups -OCH3 is 1. The van der Waals surface area contributed by atoms with Crippen molar-refractivity contribution in [3.05, 3.63) is 15.8 Å². The number of carbonyl (C=O) groups is 3. The second kappa shape index (κ2) is 13.5. The van der Waals surface area contributed by atoms with Crippen molar-refractivity contribution in [3.8, 4) is 11.8 Å². The van der Waals surface area contributed by atoms with Gasteiger partial charge in [0.05, 0.1) is 30.9 Å². The maximum absolute atomic E-state index is 14.0. The molecule has 1 saturated heterocycles. The predicted octanol–water partition coefficient (Wildman–Crippen LogP) is 5.39. The molecule has 0 bridgehead atoms. The molecule has 210 valence electrons. The molecule has 1 aromatic rings. The monoisotopic (exact) mass is 546 g/mol. The van der Waals surface area contributed by atoms with Crippen molar-refractivity contribution in [1.82, 2.24) is 5.32 Å². The topological polar surface area (TPSA) is 94.2 Å². The van der Waals surface area contributed by atoms with Crippen molar-refractivity contribution in [2.24, 2.45) is 17.3 Å². The Balaban J connectivity index is 1.84. The fraction of sp³-hybridized carbons (Fsp3) is 0.690. The van der Waals surface area contributed by atoms with Crippen LogP contribution >= 0.6 is 11.3 Å². The van der Waals surface area contributed by atoms with Crippen molar-refractivity contribution in [3.63, 3.8) is 0 Å². The third kappa shape index (κ3) is 8.47. The van der Waals surface area contributed by atoms with Crippen LogP contribution in [-0.2, 0) is 19.0 Å². The maximum atomic E-state index is 14.0. The van der Waals surface area contributed by atoms with Crippen LogP contribution in [0.3, 0.4) is 0 Å². The molecule has 9 heteroatoms. The highest BCUT2D eigenvalue weighted by molar-refractivity contribution is 7.15. The third-order valence-corrected chi connectivity index (χ3v) is 7.96. The Morgan fingerprint density at radius 2 is 1.92 bits per heavy atom. The van der Waals surface area contributed by atoms with Crippen LogP contribution in [0.25, 0.3) is 0 Å². The van der Waals surface area contributed by atoms with Gasteiger partial charge in [0.15, 0.2) is 0 Å². The number of rotatable bonds is 8. The molecule has 2 aliphatic rings. The zero-order valence-electron chi connectivity index (χ0n) is 23.6. The minimum atomic E-state index is -0.489. The van der Waals surface area contributed by atoms with E-state index in [1.54, 1.807) is 4.90 Å². The number of alkyl carbamates (subject to hydrolysis) is 1. The number of hydrogen-bond donors (Lipinski definition) is 1. The van der Waals surface area contributed by atoms with E-state index in [2.05, 4.69) is 24.1 Å². The van der Waals surface area contributed by atoms with E-state index in [9.17, 15) is 14.4 Å². The lowest BCUT2D eigenvalue weighted by Crippen LogP contribution is -2.45. The molecule has 1 aromatic heterocycles. The summed E-state index contributed by atoms with van der Waals surface area (Å²) in [7, 11) is 1.34. The van der Waals surface area contributed by atoms with Crippen molar-refractivity contribution in [1.29, 1.82) is 0 Å². The number of esters is 1. The number of nitrogens with one attached hydrogen (secondary N) is 1. The predicted molar refractivity (Wildman–Crippen MR) is 148 cm³/mol. The van der Waals surface area contributed by atoms with Gasteiger partial charge in [-0.1, -0.05) is 18.8 Å². The van der Waals surface area contributed by atoms with Gasteiger partial charge in [0.1, 0.15) is 11.0 Å². The Kier molecular flexibility index (Phi) is 10.6.